The Morgan fingerprint density at radius 1 is 1.19 bits per heavy atom. The second-order valence-corrected chi connectivity index (χ2v) is 6.57. The van der Waals surface area contributed by atoms with E-state index in [0.29, 0.717) is 16.8 Å². The van der Waals surface area contributed by atoms with E-state index >= 15 is 0 Å². The third kappa shape index (κ3) is 3.40. The van der Waals surface area contributed by atoms with Crippen LogP contribution in [0, 0.1) is 12.7 Å². The minimum absolute atomic E-state index is 0.139. The lowest BCUT2D eigenvalue weighted by molar-refractivity contribution is 0.549. The average molecular weight is 308 g/mol. The molecule has 0 radical (unpaired) electrons. The summed E-state index contributed by atoms with van der Waals surface area (Å²) in [4.78, 5) is 0.139. The highest BCUT2D eigenvalue weighted by molar-refractivity contribution is 7.89. The molecule has 0 aliphatic carbocycles. The van der Waals surface area contributed by atoms with Crippen LogP contribution >= 0.6 is 0 Å². The molecule has 2 rings (SSSR count). The van der Waals surface area contributed by atoms with Gasteiger partial charge >= 0.3 is 0 Å². The van der Waals surface area contributed by atoms with Gasteiger partial charge in [0.1, 0.15) is 5.82 Å². The molecule has 0 bridgehead atoms. The molecule has 0 aromatic heterocycles. The lowest BCUT2D eigenvalue weighted by atomic mass is 10.1. The number of nitrogen functional groups attached to an aromatic ring is 1. The highest BCUT2D eigenvalue weighted by Crippen LogP contribution is 2.22. The van der Waals surface area contributed by atoms with E-state index in [1.54, 1.807) is 38.1 Å². The molecule has 0 saturated heterocycles. The van der Waals surface area contributed by atoms with Crippen molar-refractivity contribution in [3.8, 4) is 0 Å². The van der Waals surface area contributed by atoms with Crippen LogP contribution in [0.3, 0.4) is 0 Å². The molecular formula is C15H17FN2O2S. The maximum atomic E-state index is 13.7. The Morgan fingerprint density at radius 2 is 1.86 bits per heavy atom. The van der Waals surface area contributed by atoms with Crippen LogP contribution in [0.4, 0.5) is 10.1 Å². The second kappa shape index (κ2) is 5.83. The average Bonchev–Trinajstić information content (AvgIpc) is 2.37. The maximum absolute atomic E-state index is 13.7. The number of nitrogens with one attached hydrogen (secondary N) is 1. The van der Waals surface area contributed by atoms with Gasteiger partial charge in [0.15, 0.2) is 0 Å². The molecule has 21 heavy (non-hydrogen) atoms. The van der Waals surface area contributed by atoms with Crippen LogP contribution in [0.2, 0.25) is 0 Å². The highest BCUT2D eigenvalue weighted by Gasteiger charge is 2.21. The number of nitrogens with two attached hydrogens (primary N) is 1. The first-order valence-corrected chi connectivity index (χ1v) is 7.92. The zero-order valence-corrected chi connectivity index (χ0v) is 12.6. The fraction of sp³-hybridized carbons (Fsp3) is 0.200. The molecule has 0 spiro atoms. The minimum atomic E-state index is -3.74. The molecule has 0 aliphatic heterocycles. The first-order chi connectivity index (χ1) is 9.81. The van der Waals surface area contributed by atoms with Crippen molar-refractivity contribution in [2.24, 2.45) is 0 Å². The third-order valence-corrected chi connectivity index (χ3v) is 4.89. The lowest BCUT2D eigenvalue weighted by Gasteiger charge is -2.16. The molecule has 4 nitrogen and oxygen atoms in total. The maximum Gasteiger partial charge on any atom is 0.241 e. The van der Waals surface area contributed by atoms with Crippen molar-refractivity contribution in [2.45, 2.75) is 24.8 Å². The summed E-state index contributed by atoms with van der Waals surface area (Å²) in [6, 6.07) is 9.96. The molecule has 0 fully saturated rings. The van der Waals surface area contributed by atoms with Crippen LogP contribution < -0.4 is 10.5 Å². The zero-order chi connectivity index (χ0) is 15.6. The Labute approximate surface area is 123 Å². The van der Waals surface area contributed by atoms with Gasteiger partial charge in [-0.1, -0.05) is 18.2 Å². The molecule has 112 valence electrons. The number of hydrogen-bond acceptors (Lipinski definition) is 3. The third-order valence-electron chi connectivity index (χ3n) is 3.19. The van der Waals surface area contributed by atoms with Gasteiger partial charge in [-0.05, 0) is 43.7 Å². The Morgan fingerprint density at radius 3 is 2.48 bits per heavy atom. The van der Waals surface area contributed by atoms with Crippen molar-refractivity contribution in [3.63, 3.8) is 0 Å². The summed E-state index contributed by atoms with van der Waals surface area (Å²) in [5.41, 5.74) is 6.96. The van der Waals surface area contributed by atoms with E-state index in [2.05, 4.69) is 4.72 Å². The fourth-order valence-electron chi connectivity index (χ4n) is 2.16. The van der Waals surface area contributed by atoms with Gasteiger partial charge in [0.2, 0.25) is 10.0 Å². The molecule has 0 saturated carbocycles. The van der Waals surface area contributed by atoms with E-state index in [-0.39, 0.29) is 4.90 Å². The number of halogens is 1. The highest BCUT2D eigenvalue weighted by atomic mass is 32.2. The number of rotatable bonds is 4. The van der Waals surface area contributed by atoms with Gasteiger partial charge in [0.25, 0.3) is 0 Å². The van der Waals surface area contributed by atoms with Crippen molar-refractivity contribution in [2.75, 3.05) is 5.73 Å². The van der Waals surface area contributed by atoms with Crippen LogP contribution in [0.15, 0.2) is 47.4 Å². The van der Waals surface area contributed by atoms with Gasteiger partial charge in [-0.3, -0.25) is 0 Å². The monoisotopic (exact) mass is 308 g/mol. The summed E-state index contributed by atoms with van der Waals surface area (Å²) < 4.78 is 40.9. The quantitative estimate of drug-likeness (QED) is 0.853. The standard InChI is InChI=1S/C15H17FN2O2S/c1-10-9-12(17)7-8-15(10)21(19,20)18-11(2)13-5-3-4-6-14(13)16/h3-9,11,18H,17H2,1-2H3. The van der Waals surface area contributed by atoms with E-state index < -0.39 is 21.9 Å². The topological polar surface area (TPSA) is 72.2 Å². The van der Waals surface area contributed by atoms with Gasteiger partial charge in [0.05, 0.1) is 4.90 Å². The Hall–Kier alpha value is -1.92. The SMILES string of the molecule is Cc1cc(N)ccc1S(=O)(=O)NC(C)c1ccccc1F. The molecule has 0 heterocycles. The van der Waals surface area contributed by atoms with Gasteiger partial charge in [0, 0.05) is 17.3 Å². The van der Waals surface area contributed by atoms with E-state index in [4.69, 9.17) is 5.73 Å². The van der Waals surface area contributed by atoms with Crippen LogP contribution in [0.25, 0.3) is 0 Å². The van der Waals surface area contributed by atoms with Crippen molar-refractivity contribution >= 4 is 15.7 Å². The van der Waals surface area contributed by atoms with E-state index in [9.17, 15) is 12.8 Å². The summed E-state index contributed by atoms with van der Waals surface area (Å²) >= 11 is 0. The Kier molecular flexibility index (Phi) is 4.29. The molecule has 1 unspecified atom stereocenters. The second-order valence-electron chi connectivity index (χ2n) is 4.89. The molecular weight excluding hydrogens is 291 g/mol. The first-order valence-electron chi connectivity index (χ1n) is 6.44. The molecule has 0 aliphatic rings. The lowest BCUT2D eigenvalue weighted by Crippen LogP contribution is -2.28. The van der Waals surface area contributed by atoms with Crippen molar-refractivity contribution < 1.29 is 12.8 Å². The van der Waals surface area contributed by atoms with Crippen molar-refractivity contribution in [3.05, 3.63) is 59.4 Å². The Balaban J connectivity index is 2.31. The number of hydrogen-bond donors (Lipinski definition) is 2. The number of sulfonamides is 1. The molecule has 6 heteroatoms. The molecule has 2 aromatic rings. The van der Waals surface area contributed by atoms with Crippen molar-refractivity contribution in [1.82, 2.24) is 4.72 Å². The summed E-state index contributed by atoms with van der Waals surface area (Å²) in [5, 5.41) is 0. The zero-order valence-electron chi connectivity index (χ0n) is 11.8. The predicted octanol–water partition coefficient (Wildman–Crippen LogP) is 2.76. The van der Waals surface area contributed by atoms with E-state index in [1.807, 2.05) is 0 Å². The first kappa shape index (κ1) is 15.5. The van der Waals surface area contributed by atoms with E-state index in [0.717, 1.165) is 0 Å². The smallest absolute Gasteiger partial charge is 0.241 e. The van der Waals surface area contributed by atoms with E-state index in [1.165, 1.54) is 18.2 Å². The van der Waals surface area contributed by atoms with Gasteiger partial charge in [-0.15, -0.1) is 0 Å². The predicted molar refractivity (Wildman–Crippen MR) is 80.7 cm³/mol. The number of anilines is 1. The van der Waals surface area contributed by atoms with Crippen LogP contribution in [-0.2, 0) is 10.0 Å². The van der Waals surface area contributed by atoms with Crippen molar-refractivity contribution in [1.29, 1.82) is 0 Å². The van der Waals surface area contributed by atoms with Crippen LogP contribution in [0.1, 0.15) is 24.1 Å². The normalized spacial score (nSPS) is 13.1. The molecule has 3 N–H and O–H groups in total. The summed E-state index contributed by atoms with van der Waals surface area (Å²) in [6.45, 7) is 3.27. The van der Waals surface area contributed by atoms with Gasteiger partial charge in [-0.25, -0.2) is 17.5 Å². The number of benzene rings is 2. The number of aryl methyl sites for hydroxylation is 1. The Bertz CT molecular complexity index is 760. The summed E-state index contributed by atoms with van der Waals surface area (Å²) in [5.74, 6) is -0.443. The summed E-state index contributed by atoms with van der Waals surface area (Å²) in [6.07, 6.45) is 0. The molecule has 2 aromatic carbocycles. The van der Waals surface area contributed by atoms with Crippen LogP contribution in [0.5, 0.6) is 0 Å². The van der Waals surface area contributed by atoms with Gasteiger partial charge in [-0.2, -0.15) is 0 Å². The van der Waals surface area contributed by atoms with Crippen LogP contribution in [-0.4, -0.2) is 8.42 Å². The fourth-order valence-corrected chi connectivity index (χ4v) is 3.61. The molecule has 1 atom stereocenters. The summed E-state index contributed by atoms with van der Waals surface area (Å²) in [7, 11) is -3.74. The largest absolute Gasteiger partial charge is 0.399 e. The van der Waals surface area contributed by atoms with Gasteiger partial charge < -0.3 is 5.73 Å². The minimum Gasteiger partial charge on any atom is -0.399 e. The molecule has 0 amide bonds.